The van der Waals surface area contributed by atoms with Crippen LogP contribution in [0.3, 0.4) is 0 Å². The van der Waals surface area contributed by atoms with Gasteiger partial charge in [0.25, 0.3) is 0 Å². The minimum Gasteiger partial charge on any atom is -0.330 e. The van der Waals surface area contributed by atoms with Gasteiger partial charge >= 0.3 is 0 Å². The van der Waals surface area contributed by atoms with Crippen LogP contribution in [0.1, 0.15) is 5.69 Å². The van der Waals surface area contributed by atoms with Crippen molar-refractivity contribution in [1.29, 1.82) is 0 Å². The van der Waals surface area contributed by atoms with Gasteiger partial charge in [0.1, 0.15) is 0 Å². The zero-order chi connectivity index (χ0) is 10.1. The number of benzene rings is 1. The van der Waals surface area contributed by atoms with Gasteiger partial charge in [-0.2, -0.15) is 5.10 Å². The van der Waals surface area contributed by atoms with Crippen LogP contribution in [0.15, 0.2) is 18.2 Å². The molecule has 0 atom stereocenters. The second-order valence-electron chi connectivity index (χ2n) is 3.24. The summed E-state index contributed by atoms with van der Waals surface area (Å²) in [6.07, 6.45) is 0.765. The standard InChI is InChI=1S/C10H12ClN3/c1-14-9-4-2-3-7(11)10(9)8(13-14)5-6-12/h2-4H,5-6,12H2,1H3. The molecule has 0 spiro atoms. The van der Waals surface area contributed by atoms with E-state index in [0.29, 0.717) is 6.54 Å². The van der Waals surface area contributed by atoms with Crippen LogP contribution in [0, 0.1) is 0 Å². The van der Waals surface area contributed by atoms with Crippen LogP contribution in [0.2, 0.25) is 5.02 Å². The van der Waals surface area contributed by atoms with E-state index < -0.39 is 0 Å². The second kappa shape index (κ2) is 3.59. The fraction of sp³-hybridized carbons (Fsp3) is 0.300. The van der Waals surface area contributed by atoms with Crippen molar-refractivity contribution in [3.63, 3.8) is 0 Å². The highest BCUT2D eigenvalue weighted by Gasteiger charge is 2.10. The van der Waals surface area contributed by atoms with Crippen molar-refractivity contribution in [2.75, 3.05) is 6.54 Å². The van der Waals surface area contributed by atoms with Crippen LogP contribution >= 0.6 is 11.6 Å². The van der Waals surface area contributed by atoms with E-state index >= 15 is 0 Å². The molecule has 4 heteroatoms. The monoisotopic (exact) mass is 209 g/mol. The Morgan fingerprint density at radius 3 is 3.00 bits per heavy atom. The first-order valence-corrected chi connectivity index (χ1v) is 4.92. The van der Waals surface area contributed by atoms with Crippen molar-refractivity contribution in [2.45, 2.75) is 6.42 Å². The number of aromatic nitrogens is 2. The highest BCUT2D eigenvalue weighted by Crippen LogP contribution is 2.26. The third kappa shape index (κ3) is 1.38. The summed E-state index contributed by atoms with van der Waals surface area (Å²) in [5, 5.41) is 6.17. The fourth-order valence-corrected chi connectivity index (χ4v) is 1.94. The van der Waals surface area contributed by atoms with Crippen molar-refractivity contribution < 1.29 is 0 Å². The molecule has 2 aromatic rings. The zero-order valence-electron chi connectivity index (χ0n) is 8.00. The van der Waals surface area contributed by atoms with E-state index in [2.05, 4.69) is 5.10 Å². The third-order valence-electron chi connectivity index (χ3n) is 2.28. The van der Waals surface area contributed by atoms with E-state index in [4.69, 9.17) is 17.3 Å². The minimum absolute atomic E-state index is 0.595. The van der Waals surface area contributed by atoms with Crippen LogP contribution < -0.4 is 5.73 Å². The van der Waals surface area contributed by atoms with Crippen LogP contribution in [-0.2, 0) is 13.5 Å². The molecule has 1 aromatic carbocycles. The summed E-state index contributed by atoms with van der Waals surface area (Å²) in [5.74, 6) is 0. The molecule has 3 nitrogen and oxygen atoms in total. The number of rotatable bonds is 2. The maximum absolute atomic E-state index is 6.12. The van der Waals surface area contributed by atoms with E-state index in [1.165, 1.54) is 0 Å². The summed E-state index contributed by atoms with van der Waals surface area (Å²) in [5.41, 5.74) is 7.56. The molecule has 2 rings (SSSR count). The lowest BCUT2D eigenvalue weighted by atomic mass is 10.1. The van der Waals surface area contributed by atoms with Gasteiger partial charge in [0, 0.05) is 18.9 Å². The summed E-state index contributed by atoms with van der Waals surface area (Å²) < 4.78 is 1.84. The Bertz CT molecular complexity index is 462. The summed E-state index contributed by atoms with van der Waals surface area (Å²) in [6, 6.07) is 5.82. The maximum atomic E-state index is 6.12. The minimum atomic E-state index is 0.595. The fourth-order valence-electron chi connectivity index (χ4n) is 1.66. The van der Waals surface area contributed by atoms with Crippen molar-refractivity contribution in [2.24, 2.45) is 12.8 Å². The molecule has 2 N–H and O–H groups in total. The molecule has 0 aliphatic rings. The molecule has 0 saturated heterocycles. The molecule has 0 aliphatic heterocycles. The first kappa shape index (κ1) is 9.49. The van der Waals surface area contributed by atoms with Crippen LogP contribution in [0.5, 0.6) is 0 Å². The molecule has 1 heterocycles. The Morgan fingerprint density at radius 1 is 1.50 bits per heavy atom. The predicted octanol–water partition coefficient (Wildman–Crippen LogP) is 1.73. The molecule has 14 heavy (non-hydrogen) atoms. The normalized spacial score (nSPS) is 11.1. The van der Waals surface area contributed by atoms with Crippen molar-refractivity contribution in [1.82, 2.24) is 9.78 Å². The molecular weight excluding hydrogens is 198 g/mol. The number of aryl methyl sites for hydroxylation is 1. The Hall–Kier alpha value is -1.06. The van der Waals surface area contributed by atoms with Gasteiger partial charge in [-0.15, -0.1) is 0 Å². The quantitative estimate of drug-likeness (QED) is 0.819. The number of nitrogens with two attached hydrogens (primary N) is 1. The average Bonchev–Trinajstić information content (AvgIpc) is 2.46. The smallest absolute Gasteiger partial charge is 0.0730 e. The molecule has 0 unspecified atom stereocenters. The molecule has 0 aliphatic carbocycles. The van der Waals surface area contributed by atoms with Crippen molar-refractivity contribution in [3.05, 3.63) is 28.9 Å². The van der Waals surface area contributed by atoms with Crippen molar-refractivity contribution in [3.8, 4) is 0 Å². The molecule has 0 fully saturated rings. The Kier molecular flexibility index (Phi) is 2.44. The summed E-state index contributed by atoms with van der Waals surface area (Å²) in [7, 11) is 1.92. The molecule has 0 bridgehead atoms. The highest BCUT2D eigenvalue weighted by atomic mass is 35.5. The lowest BCUT2D eigenvalue weighted by Gasteiger charge is -1.96. The average molecular weight is 210 g/mol. The largest absolute Gasteiger partial charge is 0.330 e. The van der Waals surface area contributed by atoms with E-state index in [-0.39, 0.29) is 0 Å². The lowest BCUT2D eigenvalue weighted by Crippen LogP contribution is -2.04. The SMILES string of the molecule is Cn1nc(CCN)c2c(Cl)cccc21. The third-order valence-corrected chi connectivity index (χ3v) is 2.60. The van der Waals surface area contributed by atoms with Gasteiger partial charge in [-0.1, -0.05) is 17.7 Å². The Morgan fingerprint density at radius 2 is 2.29 bits per heavy atom. The molecule has 0 amide bonds. The Labute approximate surface area is 87.5 Å². The number of fused-ring (bicyclic) bond motifs is 1. The van der Waals surface area contributed by atoms with Gasteiger partial charge in [-0.05, 0) is 18.7 Å². The Balaban J connectivity index is 2.72. The van der Waals surface area contributed by atoms with Gasteiger partial charge in [-0.25, -0.2) is 0 Å². The van der Waals surface area contributed by atoms with Gasteiger partial charge in [0.2, 0.25) is 0 Å². The van der Waals surface area contributed by atoms with Gasteiger partial charge in [-0.3, -0.25) is 4.68 Å². The molecule has 0 radical (unpaired) electrons. The number of hydrogen-bond acceptors (Lipinski definition) is 2. The summed E-state index contributed by atoms with van der Waals surface area (Å²) in [4.78, 5) is 0. The van der Waals surface area contributed by atoms with Crippen molar-refractivity contribution >= 4 is 22.5 Å². The van der Waals surface area contributed by atoms with E-state index in [9.17, 15) is 0 Å². The summed E-state index contributed by atoms with van der Waals surface area (Å²) in [6.45, 7) is 0.595. The first-order chi connectivity index (χ1) is 6.74. The molecular formula is C10H12ClN3. The van der Waals surface area contributed by atoms with Gasteiger partial charge in [0.05, 0.1) is 16.2 Å². The number of hydrogen-bond donors (Lipinski definition) is 1. The second-order valence-corrected chi connectivity index (χ2v) is 3.65. The predicted molar refractivity (Wildman–Crippen MR) is 58.5 cm³/mol. The number of nitrogens with zero attached hydrogens (tertiary/aromatic N) is 2. The van der Waals surface area contributed by atoms with Crippen LogP contribution in [0.25, 0.3) is 10.9 Å². The molecule has 1 aromatic heterocycles. The van der Waals surface area contributed by atoms with Crippen LogP contribution in [0.4, 0.5) is 0 Å². The van der Waals surface area contributed by atoms with E-state index in [1.54, 1.807) is 0 Å². The molecule has 0 saturated carbocycles. The first-order valence-electron chi connectivity index (χ1n) is 4.54. The maximum Gasteiger partial charge on any atom is 0.0730 e. The highest BCUT2D eigenvalue weighted by molar-refractivity contribution is 6.35. The van der Waals surface area contributed by atoms with E-state index in [1.807, 2.05) is 29.9 Å². The zero-order valence-corrected chi connectivity index (χ0v) is 8.75. The van der Waals surface area contributed by atoms with Gasteiger partial charge in [0.15, 0.2) is 0 Å². The van der Waals surface area contributed by atoms with Crippen LogP contribution in [-0.4, -0.2) is 16.3 Å². The molecule has 74 valence electrons. The topological polar surface area (TPSA) is 43.8 Å². The summed E-state index contributed by atoms with van der Waals surface area (Å²) >= 11 is 6.12. The lowest BCUT2D eigenvalue weighted by molar-refractivity contribution is 0.761. The van der Waals surface area contributed by atoms with E-state index in [0.717, 1.165) is 28.0 Å². The van der Waals surface area contributed by atoms with Gasteiger partial charge < -0.3 is 5.73 Å². The number of halogens is 1.